The number of hydrogen-bond donors (Lipinski definition) is 0. The van der Waals surface area contributed by atoms with Crippen molar-refractivity contribution in [2.24, 2.45) is 0 Å². The predicted molar refractivity (Wildman–Crippen MR) is 101 cm³/mol. The normalized spacial score (nSPS) is 10.7. The van der Waals surface area contributed by atoms with Gasteiger partial charge in [-0.3, -0.25) is 4.79 Å². The van der Waals surface area contributed by atoms with E-state index >= 15 is 0 Å². The molecule has 2 aromatic carbocycles. The highest BCUT2D eigenvalue weighted by Gasteiger charge is 2.17. The lowest BCUT2D eigenvalue weighted by Gasteiger charge is -2.18. The fourth-order valence-corrected chi connectivity index (χ4v) is 2.86. The monoisotopic (exact) mass is 367 g/mol. The maximum absolute atomic E-state index is 13.2. The standard InChI is InChI=1S/C21H22FN3O2/c1-15-20(16(2)25(23-15)18-9-5-4-6-10-18)13-24(3)21(26)14-27-19-11-7-8-17(22)12-19/h4-12H,13-14H2,1-3H3. The second-order valence-corrected chi connectivity index (χ2v) is 6.39. The molecule has 1 amide bonds. The summed E-state index contributed by atoms with van der Waals surface area (Å²) >= 11 is 0. The van der Waals surface area contributed by atoms with Crippen molar-refractivity contribution in [3.8, 4) is 11.4 Å². The maximum atomic E-state index is 13.2. The zero-order chi connectivity index (χ0) is 19.4. The van der Waals surface area contributed by atoms with E-state index in [4.69, 9.17) is 4.74 Å². The SMILES string of the molecule is Cc1nn(-c2ccccc2)c(C)c1CN(C)C(=O)COc1cccc(F)c1. The Kier molecular flexibility index (Phi) is 5.54. The number of hydrogen-bond acceptors (Lipinski definition) is 3. The molecule has 3 aromatic rings. The van der Waals surface area contributed by atoms with Gasteiger partial charge in [0, 0.05) is 30.9 Å². The van der Waals surface area contributed by atoms with Gasteiger partial charge in [-0.05, 0) is 38.1 Å². The molecule has 27 heavy (non-hydrogen) atoms. The van der Waals surface area contributed by atoms with E-state index in [1.165, 1.54) is 12.1 Å². The van der Waals surface area contributed by atoms with Gasteiger partial charge < -0.3 is 9.64 Å². The lowest BCUT2D eigenvalue weighted by molar-refractivity contribution is -0.132. The Morgan fingerprint density at radius 1 is 1.15 bits per heavy atom. The molecule has 6 heteroatoms. The lowest BCUT2D eigenvalue weighted by Crippen LogP contribution is -2.31. The largest absolute Gasteiger partial charge is 0.484 e. The quantitative estimate of drug-likeness (QED) is 0.668. The first-order valence-electron chi connectivity index (χ1n) is 8.68. The van der Waals surface area contributed by atoms with Crippen LogP contribution in [0.4, 0.5) is 4.39 Å². The van der Waals surface area contributed by atoms with Crippen molar-refractivity contribution < 1.29 is 13.9 Å². The fraction of sp³-hybridized carbons (Fsp3) is 0.238. The molecule has 0 radical (unpaired) electrons. The van der Waals surface area contributed by atoms with Crippen LogP contribution in [0.3, 0.4) is 0 Å². The third-order valence-corrected chi connectivity index (χ3v) is 4.42. The number of benzene rings is 2. The van der Waals surface area contributed by atoms with Gasteiger partial charge in [0.15, 0.2) is 6.61 Å². The number of carbonyl (C=O) groups is 1. The number of aryl methyl sites for hydroxylation is 1. The number of aromatic nitrogens is 2. The van der Waals surface area contributed by atoms with Crippen LogP contribution in [-0.4, -0.2) is 34.2 Å². The van der Waals surface area contributed by atoms with Gasteiger partial charge in [0.05, 0.1) is 11.4 Å². The van der Waals surface area contributed by atoms with Gasteiger partial charge in [-0.15, -0.1) is 0 Å². The Hall–Kier alpha value is -3.15. The van der Waals surface area contributed by atoms with E-state index in [-0.39, 0.29) is 12.5 Å². The Bertz CT molecular complexity index is 938. The van der Waals surface area contributed by atoms with Gasteiger partial charge in [-0.25, -0.2) is 9.07 Å². The maximum Gasteiger partial charge on any atom is 0.260 e. The molecule has 0 saturated heterocycles. The van der Waals surface area contributed by atoms with Crippen molar-refractivity contribution in [2.75, 3.05) is 13.7 Å². The highest BCUT2D eigenvalue weighted by Crippen LogP contribution is 2.19. The number of carbonyl (C=O) groups excluding carboxylic acids is 1. The molecular formula is C21H22FN3O2. The topological polar surface area (TPSA) is 47.4 Å². The summed E-state index contributed by atoms with van der Waals surface area (Å²) in [5.41, 5.74) is 3.85. The number of likely N-dealkylation sites (N-methyl/N-ethyl adjacent to an activating group) is 1. The number of para-hydroxylation sites is 1. The zero-order valence-electron chi connectivity index (χ0n) is 15.6. The summed E-state index contributed by atoms with van der Waals surface area (Å²) in [4.78, 5) is 14.0. The Balaban J connectivity index is 1.67. The molecule has 140 valence electrons. The third kappa shape index (κ3) is 4.34. The second-order valence-electron chi connectivity index (χ2n) is 6.39. The van der Waals surface area contributed by atoms with Crippen molar-refractivity contribution in [2.45, 2.75) is 20.4 Å². The summed E-state index contributed by atoms with van der Waals surface area (Å²) in [6, 6.07) is 15.6. The molecule has 5 nitrogen and oxygen atoms in total. The molecule has 0 bridgehead atoms. The molecular weight excluding hydrogens is 345 g/mol. The summed E-state index contributed by atoms with van der Waals surface area (Å²) < 4.78 is 20.5. The van der Waals surface area contributed by atoms with E-state index in [2.05, 4.69) is 5.10 Å². The predicted octanol–water partition coefficient (Wildman–Crippen LogP) is 3.67. The number of halogens is 1. The molecule has 3 rings (SSSR count). The van der Waals surface area contributed by atoms with Gasteiger partial charge in [-0.2, -0.15) is 5.10 Å². The summed E-state index contributed by atoms with van der Waals surface area (Å²) in [6.45, 7) is 4.20. The van der Waals surface area contributed by atoms with Gasteiger partial charge in [0.1, 0.15) is 11.6 Å². The Morgan fingerprint density at radius 3 is 2.59 bits per heavy atom. The fourth-order valence-electron chi connectivity index (χ4n) is 2.86. The van der Waals surface area contributed by atoms with E-state index in [0.717, 1.165) is 22.6 Å². The minimum absolute atomic E-state index is 0.148. The molecule has 0 aliphatic heterocycles. The van der Waals surface area contributed by atoms with E-state index in [1.807, 2.05) is 48.9 Å². The van der Waals surface area contributed by atoms with Gasteiger partial charge in [-0.1, -0.05) is 24.3 Å². The molecule has 0 spiro atoms. The summed E-state index contributed by atoms with van der Waals surface area (Å²) in [5, 5.41) is 4.60. The first-order chi connectivity index (χ1) is 13.0. The van der Waals surface area contributed by atoms with E-state index in [0.29, 0.717) is 12.3 Å². The Morgan fingerprint density at radius 2 is 1.89 bits per heavy atom. The van der Waals surface area contributed by atoms with Crippen LogP contribution in [0.25, 0.3) is 5.69 Å². The number of nitrogens with zero attached hydrogens (tertiary/aromatic N) is 3. The van der Waals surface area contributed by atoms with Crippen molar-refractivity contribution >= 4 is 5.91 Å². The molecule has 0 saturated carbocycles. The van der Waals surface area contributed by atoms with Crippen LogP contribution in [0.5, 0.6) is 5.75 Å². The van der Waals surface area contributed by atoms with Crippen LogP contribution in [0, 0.1) is 19.7 Å². The van der Waals surface area contributed by atoms with Crippen molar-refractivity contribution in [1.29, 1.82) is 0 Å². The minimum Gasteiger partial charge on any atom is -0.484 e. The van der Waals surface area contributed by atoms with Gasteiger partial charge >= 0.3 is 0 Å². The molecule has 0 aliphatic rings. The molecule has 0 aliphatic carbocycles. The molecule has 0 fully saturated rings. The van der Waals surface area contributed by atoms with Crippen LogP contribution in [0.1, 0.15) is 17.0 Å². The second kappa shape index (κ2) is 8.03. The average molecular weight is 367 g/mol. The van der Waals surface area contributed by atoms with Crippen LogP contribution >= 0.6 is 0 Å². The third-order valence-electron chi connectivity index (χ3n) is 4.42. The van der Waals surface area contributed by atoms with Crippen molar-refractivity contribution in [3.05, 3.63) is 77.4 Å². The molecule has 1 aromatic heterocycles. The minimum atomic E-state index is -0.395. The number of ether oxygens (including phenoxy) is 1. The highest BCUT2D eigenvalue weighted by molar-refractivity contribution is 5.77. The lowest BCUT2D eigenvalue weighted by atomic mass is 10.2. The highest BCUT2D eigenvalue weighted by atomic mass is 19.1. The summed E-state index contributed by atoms with van der Waals surface area (Å²) in [6.07, 6.45) is 0. The molecule has 0 unspecified atom stereocenters. The first-order valence-corrected chi connectivity index (χ1v) is 8.68. The summed E-state index contributed by atoms with van der Waals surface area (Å²) in [5.74, 6) is -0.251. The van der Waals surface area contributed by atoms with Crippen molar-refractivity contribution in [1.82, 2.24) is 14.7 Å². The van der Waals surface area contributed by atoms with Crippen molar-refractivity contribution in [3.63, 3.8) is 0 Å². The summed E-state index contributed by atoms with van der Waals surface area (Å²) in [7, 11) is 1.72. The smallest absolute Gasteiger partial charge is 0.260 e. The van der Waals surface area contributed by atoms with Crippen LogP contribution in [0.15, 0.2) is 54.6 Å². The van der Waals surface area contributed by atoms with E-state index in [1.54, 1.807) is 24.1 Å². The van der Waals surface area contributed by atoms with E-state index in [9.17, 15) is 9.18 Å². The number of amides is 1. The molecule has 1 heterocycles. The average Bonchev–Trinajstić information content (AvgIpc) is 2.95. The van der Waals surface area contributed by atoms with Crippen LogP contribution in [-0.2, 0) is 11.3 Å². The van der Waals surface area contributed by atoms with Crippen LogP contribution < -0.4 is 4.74 Å². The zero-order valence-corrected chi connectivity index (χ0v) is 15.6. The van der Waals surface area contributed by atoms with Gasteiger partial charge in [0.2, 0.25) is 0 Å². The Labute approximate surface area is 158 Å². The number of rotatable bonds is 6. The van der Waals surface area contributed by atoms with Gasteiger partial charge in [0.25, 0.3) is 5.91 Å². The van der Waals surface area contributed by atoms with Crippen LogP contribution in [0.2, 0.25) is 0 Å². The van der Waals surface area contributed by atoms with E-state index < -0.39 is 5.82 Å². The molecule has 0 atom stereocenters. The molecule has 0 N–H and O–H groups in total. The first kappa shape index (κ1) is 18.6.